The van der Waals surface area contributed by atoms with E-state index < -0.39 is 0 Å². The molecule has 0 radical (unpaired) electrons. The van der Waals surface area contributed by atoms with Crippen molar-refractivity contribution in [2.45, 2.75) is 25.3 Å². The Labute approximate surface area is 200 Å². The summed E-state index contributed by atoms with van der Waals surface area (Å²) in [5.74, 6) is 1.63. The minimum Gasteiger partial charge on any atom is -0.456 e. The van der Waals surface area contributed by atoms with Crippen molar-refractivity contribution in [3.05, 3.63) is 54.0 Å². The Kier molecular flexibility index (Phi) is 4.26. The molecule has 9 nitrogen and oxygen atoms in total. The highest BCUT2D eigenvalue weighted by Crippen LogP contribution is 2.54. The van der Waals surface area contributed by atoms with Gasteiger partial charge in [-0.15, -0.1) is 0 Å². The molecule has 35 heavy (non-hydrogen) atoms. The van der Waals surface area contributed by atoms with Crippen LogP contribution >= 0.6 is 0 Å². The summed E-state index contributed by atoms with van der Waals surface area (Å²) >= 11 is 0. The first-order chi connectivity index (χ1) is 17.0. The molecule has 2 fully saturated rings. The Hall–Kier alpha value is -3.92. The van der Waals surface area contributed by atoms with Gasteiger partial charge in [0.1, 0.15) is 24.2 Å². The van der Waals surface area contributed by atoms with Crippen LogP contribution in [0.3, 0.4) is 0 Å². The van der Waals surface area contributed by atoms with Gasteiger partial charge in [-0.1, -0.05) is 0 Å². The van der Waals surface area contributed by atoms with Crippen molar-refractivity contribution in [3.63, 3.8) is 0 Å². The van der Waals surface area contributed by atoms with Gasteiger partial charge in [0.2, 0.25) is 0 Å². The summed E-state index contributed by atoms with van der Waals surface area (Å²) in [5.41, 5.74) is 10.8. The number of pyridine rings is 1. The maximum absolute atomic E-state index is 14.5. The summed E-state index contributed by atoms with van der Waals surface area (Å²) in [6.07, 6.45) is 7.16. The van der Waals surface area contributed by atoms with Crippen molar-refractivity contribution in [2.75, 3.05) is 30.4 Å². The Morgan fingerprint density at radius 2 is 2.06 bits per heavy atom. The smallest absolute Gasteiger partial charge is 0.324 e. The summed E-state index contributed by atoms with van der Waals surface area (Å²) in [6.45, 7) is 1.50. The molecule has 4 aliphatic rings. The molecule has 2 aliphatic carbocycles. The highest BCUT2D eigenvalue weighted by Gasteiger charge is 2.54. The minimum absolute atomic E-state index is 0.0776. The van der Waals surface area contributed by atoms with Crippen LogP contribution in [0, 0.1) is 11.2 Å². The van der Waals surface area contributed by atoms with E-state index in [-0.39, 0.29) is 23.3 Å². The standard InChI is InChI=1S/C25H23FN6O3/c1-28-17-7-13(26)6-16-15(17)9-18-21(16)22(32-11-20(27)25(12-32)2-3-25)31-24(30-18)35-14-8-19-23(29-10-14)34-5-4-33-19/h4-8,10,20,28H,2-3,9,11-12,27H2,1H3/t20-/m0/s1. The van der Waals surface area contributed by atoms with E-state index in [1.165, 1.54) is 24.8 Å². The minimum atomic E-state index is -0.305. The molecule has 0 unspecified atom stereocenters. The molecule has 3 aromatic rings. The number of hydrogen-bond acceptors (Lipinski definition) is 9. The van der Waals surface area contributed by atoms with Gasteiger partial charge in [-0.25, -0.2) is 9.37 Å². The first kappa shape index (κ1) is 20.5. The van der Waals surface area contributed by atoms with Crippen molar-refractivity contribution in [1.29, 1.82) is 0 Å². The Bertz CT molecular complexity index is 1410. The zero-order valence-electron chi connectivity index (χ0n) is 19.0. The predicted molar refractivity (Wildman–Crippen MR) is 126 cm³/mol. The summed E-state index contributed by atoms with van der Waals surface area (Å²) in [5, 5.41) is 3.11. The molecule has 1 saturated heterocycles. The molecule has 2 aliphatic heterocycles. The van der Waals surface area contributed by atoms with E-state index in [0.717, 1.165) is 53.3 Å². The van der Waals surface area contributed by atoms with Gasteiger partial charge in [-0.3, -0.25) is 0 Å². The molecule has 7 rings (SSSR count). The van der Waals surface area contributed by atoms with E-state index in [9.17, 15) is 4.39 Å². The fourth-order valence-electron chi connectivity index (χ4n) is 5.38. The lowest BCUT2D eigenvalue weighted by molar-refractivity contribution is 0.344. The number of aromatic nitrogens is 3. The molecule has 3 N–H and O–H groups in total. The Balaban J connectivity index is 1.32. The number of nitrogens with zero attached hydrogens (tertiary/aromatic N) is 4. The van der Waals surface area contributed by atoms with E-state index in [1.807, 2.05) is 0 Å². The fraction of sp³-hybridized carbons (Fsp3) is 0.320. The second-order valence-electron chi connectivity index (χ2n) is 9.49. The van der Waals surface area contributed by atoms with Gasteiger partial charge in [0.25, 0.3) is 5.88 Å². The first-order valence-electron chi connectivity index (χ1n) is 11.6. The number of benzene rings is 1. The van der Waals surface area contributed by atoms with Gasteiger partial charge in [0.15, 0.2) is 11.5 Å². The molecule has 2 aromatic heterocycles. The molecule has 10 heteroatoms. The van der Waals surface area contributed by atoms with Crippen molar-refractivity contribution in [2.24, 2.45) is 11.1 Å². The molecule has 0 bridgehead atoms. The number of anilines is 2. The fourth-order valence-corrected chi connectivity index (χ4v) is 5.38. The normalized spacial score (nSPS) is 20.1. The van der Waals surface area contributed by atoms with Gasteiger partial charge in [0, 0.05) is 55.3 Å². The predicted octanol–water partition coefficient (Wildman–Crippen LogP) is 3.59. The third kappa shape index (κ3) is 3.20. The molecular weight excluding hydrogens is 451 g/mol. The largest absolute Gasteiger partial charge is 0.456 e. The quantitative estimate of drug-likeness (QED) is 0.459. The maximum atomic E-state index is 14.5. The zero-order valence-corrected chi connectivity index (χ0v) is 19.0. The van der Waals surface area contributed by atoms with Crippen molar-refractivity contribution >= 4 is 11.5 Å². The maximum Gasteiger partial charge on any atom is 0.324 e. The SMILES string of the molecule is CNc1cc(F)cc2c1Cc1nc(Oc3cnc4c(c3)OC=CO4)nc(N3C[C@H](N)C4(CC4)C3)c1-2. The Morgan fingerprint density at radius 3 is 2.86 bits per heavy atom. The van der Waals surface area contributed by atoms with E-state index in [0.29, 0.717) is 30.3 Å². The number of nitrogens with two attached hydrogens (primary N) is 1. The second kappa shape index (κ2) is 7.29. The monoisotopic (exact) mass is 474 g/mol. The lowest BCUT2D eigenvalue weighted by Gasteiger charge is -2.21. The van der Waals surface area contributed by atoms with Crippen LogP contribution in [0.25, 0.3) is 11.1 Å². The van der Waals surface area contributed by atoms with Crippen LogP contribution in [0.1, 0.15) is 24.1 Å². The van der Waals surface area contributed by atoms with E-state index in [4.69, 9.17) is 29.9 Å². The van der Waals surface area contributed by atoms with Gasteiger partial charge in [0.05, 0.1) is 11.9 Å². The van der Waals surface area contributed by atoms with E-state index in [2.05, 4.69) is 15.2 Å². The lowest BCUT2D eigenvalue weighted by atomic mass is 10.0. The summed E-state index contributed by atoms with van der Waals surface area (Å²) < 4.78 is 31.4. The third-order valence-electron chi connectivity index (χ3n) is 7.38. The van der Waals surface area contributed by atoms with Crippen molar-refractivity contribution < 1.29 is 18.6 Å². The average molecular weight is 474 g/mol. The van der Waals surface area contributed by atoms with Crippen LogP contribution in [0.4, 0.5) is 15.9 Å². The van der Waals surface area contributed by atoms with Gasteiger partial charge in [-0.05, 0) is 36.1 Å². The highest BCUT2D eigenvalue weighted by atomic mass is 19.1. The molecule has 1 saturated carbocycles. The topological polar surface area (TPSA) is 108 Å². The van der Waals surface area contributed by atoms with Gasteiger partial charge >= 0.3 is 6.01 Å². The highest BCUT2D eigenvalue weighted by molar-refractivity contribution is 5.88. The second-order valence-corrected chi connectivity index (χ2v) is 9.49. The molecule has 0 amide bonds. The van der Waals surface area contributed by atoms with Crippen LogP contribution in [0.5, 0.6) is 23.4 Å². The number of ether oxygens (including phenoxy) is 3. The summed E-state index contributed by atoms with van der Waals surface area (Å²) in [7, 11) is 1.79. The van der Waals surface area contributed by atoms with Crippen LogP contribution < -0.4 is 30.2 Å². The lowest BCUT2D eigenvalue weighted by Crippen LogP contribution is -2.30. The van der Waals surface area contributed by atoms with Crippen molar-refractivity contribution in [1.82, 2.24) is 15.0 Å². The number of fused-ring (bicyclic) bond motifs is 4. The number of halogens is 1. The molecular formula is C25H23FN6O3. The van der Waals surface area contributed by atoms with Crippen LogP contribution in [-0.4, -0.2) is 41.1 Å². The molecule has 1 atom stereocenters. The molecule has 178 valence electrons. The van der Waals surface area contributed by atoms with E-state index in [1.54, 1.807) is 19.2 Å². The first-order valence-corrected chi connectivity index (χ1v) is 11.6. The third-order valence-corrected chi connectivity index (χ3v) is 7.38. The van der Waals surface area contributed by atoms with Crippen LogP contribution in [0.15, 0.2) is 36.9 Å². The van der Waals surface area contributed by atoms with Gasteiger partial charge < -0.3 is 30.2 Å². The van der Waals surface area contributed by atoms with Crippen LogP contribution in [-0.2, 0) is 6.42 Å². The number of nitrogens with one attached hydrogen (secondary N) is 1. The summed E-state index contributed by atoms with van der Waals surface area (Å²) in [6, 6.07) is 5.02. The summed E-state index contributed by atoms with van der Waals surface area (Å²) in [4.78, 5) is 16.0. The van der Waals surface area contributed by atoms with E-state index >= 15 is 0 Å². The van der Waals surface area contributed by atoms with Crippen molar-refractivity contribution in [3.8, 4) is 34.5 Å². The molecule has 1 aromatic carbocycles. The number of hydrogen-bond donors (Lipinski definition) is 2. The number of rotatable bonds is 4. The molecule has 4 heterocycles. The van der Waals surface area contributed by atoms with Gasteiger partial charge in [-0.2, -0.15) is 9.97 Å². The zero-order chi connectivity index (χ0) is 23.7. The molecule has 1 spiro atoms. The average Bonchev–Trinajstić information content (AvgIpc) is 3.45. The van der Waals surface area contributed by atoms with Crippen LogP contribution in [0.2, 0.25) is 0 Å². The Morgan fingerprint density at radius 1 is 1.20 bits per heavy atom.